The molecule has 1 aliphatic rings. The van der Waals surface area contributed by atoms with Crippen LogP contribution in [0.15, 0.2) is 6.07 Å². The van der Waals surface area contributed by atoms with Gasteiger partial charge in [-0.25, -0.2) is 4.98 Å². The van der Waals surface area contributed by atoms with Gasteiger partial charge in [0.1, 0.15) is 11.6 Å². The molecule has 1 aromatic rings. The third-order valence-corrected chi connectivity index (χ3v) is 3.12. The van der Waals surface area contributed by atoms with Gasteiger partial charge < -0.3 is 14.8 Å². The van der Waals surface area contributed by atoms with Gasteiger partial charge in [0.25, 0.3) is 0 Å². The maximum atomic E-state index is 5.59. The standard InChI is InChI=1S/C14H23N3O2/c1-14(2,3)13-16-11(8-12(17-13)18-4)15-9-10-6-5-7-19-10/h8,10H,5-7,9H2,1-4H3,(H,15,16,17). The van der Waals surface area contributed by atoms with Crippen molar-refractivity contribution in [2.24, 2.45) is 0 Å². The number of methoxy groups -OCH3 is 1. The normalized spacial score (nSPS) is 19.5. The molecule has 19 heavy (non-hydrogen) atoms. The molecule has 1 atom stereocenters. The van der Waals surface area contributed by atoms with Gasteiger partial charge in [-0.3, -0.25) is 0 Å². The number of hydrogen-bond acceptors (Lipinski definition) is 5. The Labute approximate surface area is 114 Å². The van der Waals surface area contributed by atoms with Gasteiger partial charge in [-0.2, -0.15) is 4.98 Å². The Balaban J connectivity index is 2.10. The van der Waals surface area contributed by atoms with E-state index < -0.39 is 0 Å². The highest BCUT2D eigenvalue weighted by atomic mass is 16.5. The molecule has 0 bridgehead atoms. The van der Waals surface area contributed by atoms with Crippen molar-refractivity contribution in [1.82, 2.24) is 9.97 Å². The summed E-state index contributed by atoms with van der Waals surface area (Å²) in [6.45, 7) is 7.92. The molecular formula is C14H23N3O2. The maximum absolute atomic E-state index is 5.59. The quantitative estimate of drug-likeness (QED) is 0.905. The van der Waals surface area contributed by atoms with Crippen molar-refractivity contribution in [3.05, 3.63) is 11.9 Å². The minimum atomic E-state index is -0.102. The molecule has 5 nitrogen and oxygen atoms in total. The number of aromatic nitrogens is 2. The highest BCUT2D eigenvalue weighted by molar-refractivity contribution is 5.39. The van der Waals surface area contributed by atoms with Crippen molar-refractivity contribution in [2.45, 2.75) is 45.1 Å². The zero-order valence-corrected chi connectivity index (χ0v) is 12.2. The Hall–Kier alpha value is -1.36. The van der Waals surface area contributed by atoms with E-state index in [1.165, 1.54) is 0 Å². The van der Waals surface area contributed by atoms with Crippen molar-refractivity contribution >= 4 is 5.82 Å². The molecule has 1 aromatic heterocycles. The molecule has 0 amide bonds. The van der Waals surface area contributed by atoms with Gasteiger partial charge in [0.05, 0.1) is 13.2 Å². The fraction of sp³-hybridized carbons (Fsp3) is 0.714. The van der Waals surface area contributed by atoms with Crippen molar-refractivity contribution in [3.8, 4) is 5.88 Å². The zero-order chi connectivity index (χ0) is 13.9. The SMILES string of the molecule is COc1cc(NCC2CCCO2)nc(C(C)(C)C)n1. The van der Waals surface area contributed by atoms with Crippen molar-refractivity contribution < 1.29 is 9.47 Å². The van der Waals surface area contributed by atoms with E-state index in [1.807, 2.05) is 6.07 Å². The van der Waals surface area contributed by atoms with Crippen LogP contribution in [0.25, 0.3) is 0 Å². The number of rotatable bonds is 4. The number of nitrogens with zero attached hydrogens (tertiary/aromatic N) is 2. The second-order valence-electron chi connectivity index (χ2n) is 5.89. The van der Waals surface area contributed by atoms with E-state index in [4.69, 9.17) is 9.47 Å². The van der Waals surface area contributed by atoms with Crippen LogP contribution >= 0.6 is 0 Å². The number of nitrogens with one attached hydrogen (secondary N) is 1. The predicted molar refractivity (Wildman–Crippen MR) is 74.7 cm³/mol. The Bertz CT molecular complexity index is 423. The smallest absolute Gasteiger partial charge is 0.218 e. The van der Waals surface area contributed by atoms with Crippen LogP contribution in [0.2, 0.25) is 0 Å². The summed E-state index contributed by atoms with van der Waals surface area (Å²) in [5.41, 5.74) is -0.102. The van der Waals surface area contributed by atoms with Crippen LogP contribution in [-0.2, 0) is 10.2 Å². The molecule has 0 aliphatic carbocycles. The average molecular weight is 265 g/mol. The Morgan fingerprint density at radius 1 is 1.42 bits per heavy atom. The lowest BCUT2D eigenvalue weighted by Crippen LogP contribution is -2.21. The number of hydrogen-bond donors (Lipinski definition) is 1. The Morgan fingerprint density at radius 2 is 2.21 bits per heavy atom. The molecule has 0 saturated carbocycles. The van der Waals surface area contributed by atoms with E-state index in [1.54, 1.807) is 7.11 Å². The van der Waals surface area contributed by atoms with Gasteiger partial charge >= 0.3 is 0 Å². The van der Waals surface area contributed by atoms with Gasteiger partial charge in [-0.05, 0) is 12.8 Å². The first-order valence-electron chi connectivity index (χ1n) is 6.78. The van der Waals surface area contributed by atoms with Crippen molar-refractivity contribution in [2.75, 3.05) is 25.6 Å². The third kappa shape index (κ3) is 3.80. The highest BCUT2D eigenvalue weighted by Gasteiger charge is 2.20. The molecule has 1 unspecified atom stereocenters. The lowest BCUT2D eigenvalue weighted by Gasteiger charge is -2.19. The van der Waals surface area contributed by atoms with Crippen molar-refractivity contribution in [1.29, 1.82) is 0 Å². The summed E-state index contributed by atoms with van der Waals surface area (Å²) in [6, 6.07) is 1.82. The minimum absolute atomic E-state index is 0.102. The minimum Gasteiger partial charge on any atom is -0.481 e. The van der Waals surface area contributed by atoms with Crippen LogP contribution in [0, 0.1) is 0 Å². The molecule has 1 N–H and O–H groups in total. The summed E-state index contributed by atoms with van der Waals surface area (Å²) in [6.07, 6.45) is 2.55. The molecule has 106 valence electrons. The summed E-state index contributed by atoms with van der Waals surface area (Å²) in [7, 11) is 1.62. The maximum Gasteiger partial charge on any atom is 0.218 e. The zero-order valence-electron chi connectivity index (χ0n) is 12.2. The van der Waals surface area contributed by atoms with E-state index in [0.29, 0.717) is 12.0 Å². The number of anilines is 1. The van der Waals surface area contributed by atoms with Crippen LogP contribution < -0.4 is 10.1 Å². The van der Waals surface area contributed by atoms with Gasteiger partial charge in [0.2, 0.25) is 5.88 Å². The first-order valence-corrected chi connectivity index (χ1v) is 6.78. The van der Waals surface area contributed by atoms with E-state index in [2.05, 4.69) is 36.1 Å². The summed E-state index contributed by atoms with van der Waals surface area (Å²) in [5.74, 6) is 2.17. The molecule has 0 spiro atoms. The fourth-order valence-corrected chi connectivity index (χ4v) is 1.98. The third-order valence-electron chi connectivity index (χ3n) is 3.12. The summed E-state index contributed by atoms with van der Waals surface area (Å²) < 4.78 is 10.8. The summed E-state index contributed by atoms with van der Waals surface area (Å²) in [5, 5.41) is 3.32. The largest absolute Gasteiger partial charge is 0.481 e. The van der Waals surface area contributed by atoms with Crippen LogP contribution in [0.3, 0.4) is 0 Å². The topological polar surface area (TPSA) is 56.3 Å². The van der Waals surface area contributed by atoms with E-state index in [0.717, 1.165) is 37.6 Å². The molecule has 0 aromatic carbocycles. The monoisotopic (exact) mass is 265 g/mol. The lowest BCUT2D eigenvalue weighted by atomic mass is 9.96. The molecule has 2 rings (SSSR count). The van der Waals surface area contributed by atoms with Crippen LogP contribution in [0.5, 0.6) is 5.88 Å². The molecule has 5 heteroatoms. The van der Waals surface area contributed by atoms with Crippen LogP contribution in [0.1, 0.15) is 39.4 Å². The molecule has 2 heterocycles. The van der Waals surface area contributed by atoms with E-state index in [9.17, 15) is 0 Å². The molecule has 1 aliphatic heterocycles. The molecular weight excluding hydrogens is 242 g/mol. The second kappa shape index (κ2) is 5.74. The fourth-order valence-electron chi connectivity index (χ4n) is 1.98. The van der Waals surface area contributed by atoms with Gasteiger partial charge in [0, 0.05) is 24.6 Å². The van der Waals surface area contributed by atoms with Crippen LogP contribution in [-0.4, -0.2) is 36.3 Å². The first-order chi connectivity index (χ1) is 8.99. The lowest BCUT2D eigenvalue weighted by molar-refractivity contribution is 0.120. The highest BCUT2D eigenvalue weighted by Crippen LogP contribution is 2.23. The van der Waals surface area contributed by atoms with Gasteiger partial charge in [-0.1, -0.05) is 20.8 Å². The molecule has 1 saturated heterocycles. The summed E-state index contributed by atoms with van der Waals surface area (Å²) >= 11 is 0. The first kappa shape index (κ1) is 14.1. The molecule has 0 radical (unpaired) electrons. The average Bonchev–Trinajstić information content (AvgIpc) is 2.88. The second-order valence-corrected chi connectivity index (χ2v) is 5.89. The number of ether oxygens (including phenoxy) is 2. The van der Waals surface area contributed by atoms with Crippen molar-refractivity contribution in [3.63, 3.8) is 0 Å². The van der Waals surface area contributed by atoms with Gasteiger partial charge in [-0.15, -0.1) is 0 Å². The predicted octanol–water partition coefficient (Wildman–Crippen LogP) is 2.37. The van der Waals surface area contributed by atoms with Gasteiger partial charge in [0.15, 0.2) is 0 Å². The van der Waals surface area contributed by atoms with E-state index in [-0.39, 0.29) is 5.41 Å². The van der Waals surface area contributed by atoms with Crippen LogP contribution in [0.4, 0.5) is 5.82 Å². The Morgan fingerprint density at radius 3 is 2.79 bits per heavy atom. The Kier molecular flexibility index (Phi) is 4.24. The molecule has 1 fully saturated rings. The summed E-state index contributed by atoms with van der Waals surface area (Å²) in [4.78, 5) is 8.95. The van der Waals surface area contributed by atoms with E-state index >= 15 is 0 Å².